The van der Waals surface area contributed by atoms with E-state index in [0.717, 1.165) is 6.07 Å². The van der Waals surface area contributed by atoms with E-state index < -0.39 is 21.4 Å². The lowest BCUT2D eigenvalue weighted by molar-refractivity contribution is 0.0857. The molecule has 0 unspecified atom stereocenters. The van der Waals surface area contributed by atoms with E-state index in [1.807, 2.05) is 0 Å². The zero-order valence-corrected chi connectivity index (χ0v) is 12.4. The van der Waals surface area contributed by atoms with Gasteiger partial charge in [-0.25, -0.2) is 17.5 Å². The summed E-state index contributed by atoms with van der Waals surface area (Å²) in [6.45, 7) is 2.43. The fourth-order valence-corrected chi connectivity index (χ4v) is 2.92. The number of hydrogen-bond acceptors (Lipinski definition) is 3. The molecule has 0 aliphatic carbocycles. The van der Waals surface area contributed by atoms with E-state index in [1.54, 1.807) is 0 Å². The lowest BCUT2D eigenvalue weighted by Gasteiger charge is -2.18. The second kappa shape index (κ2) is 5.24. The highest BCUT2D eigenvalue weighted by molar-refractivity contribution is 9.10. The topological polar surface area (TPSA) is 66.4 Å². The highest BCUT2D eigenvalue weighted by Gasteiger charge is 2.21. The maximum atomic E-state index is 13.6. The second-order valence-corrected chi connectivity index (χ2v) is 7.12. The maximum absolute atomic E-state index is 13.6. The molecule has 1 rings (SSSR count). The Balaban J connectivity index is 3.09. The van der Waals surface area contributed by atoms with Gasteiger partial charge >= 0.3 is 0 Å². The van der Waals surface area contributed by atoms with Gasteiger partial charge in [0, 0.05) is 12.4 Å². The van der Waals surface area contributed by atoms with Gasteiger partial charge in [0.1, 0.15) is 5.82 Å². The first-order chi connectivity index (χ1) is 8.57. The molecule has 0 atom stereocenters. The van der Waals surface area contributed by atoms with Gasteiger partial charge in [0.2, 0.25) is 10.0 Å². The van der Waals surface area contributed by atoms with Crippen molar-refractivity contribution in [3.8, 4) is 0 Å². The van der Waals surface area contributed by atoms with Crippen molar-refractivity contribution in [3.05, 3.63) is 28.0 Å². The molecule has 7 heteroatoms. The number of hydrogen-bond donors (Lipinski definition) is 2. The molecular formula is C11H15BrFNO3S. The molecule has 4 nitrogen and oxygen atoms in total. The molecule has 0 fully saturated rings. The molecule has 2 N–H and O–H groups in total. The van der Waals surface area contributed by atoms with Crippen LogP contribution in [0.15, 0.2) is 21.5 Å². The normalized spacial score (nSPS) is 13.5. The third-order valence-electron chi connectivity index (χ3n) is 2.12. The third kappa shape index (κ3) is 4.01. The van der Waals surface area contributed by atoms with Gasteiger partial charge < -0.3 is 5.11 Å². The first-order valence-corrected chi connectivity index (χ1v) is 7.33. The minimum absolute atomic E-state index is 0.0986. The van der Waals surface area contributed by atoms with Crippen LogP contribution >= 0.6 is 15.9 Å². The standard InChI is InChI=1S/C11H15BrFNO3S/c1-7-9(12)4-8(5-10(7)13)18(16,17)14-6-11(2,3)15/h4-5,14-15H,6H2,1-3H3/i1D. The Labute approximate surface area is 116 Å². The molecule has 0 spiro atoms. The summed E-state index contributed by atoms with van der Waals surface area (Å²) in [5.41, 5.74) is -1.11. The molecule has 0 amide bonds. The summed E-state index contributed by atoms with van der Waals surface area (Å²) in [5, 5.41) is 9.48. The summed E-state index contributed by atoms with van der Waals surface area (Å²) in [7, 11) is -3.90. The molecule has 1 aromatic rings. The van der Waals surface area contributed by atoms with Crippen LogP contribution < -0.4 is 4.72 Å². The van der Waals surface area contributed by atoms with Crippen molar-refractivity contribution in [1.82, 2.24) is 4.72 Å². The van der Waals surface area contributed by atoms with Crippen LogP contribution in [-0.2, 0) is 10.0 Å². The Morgan fingerprint density at radius 1 is 1.56 bits per heavy atom. The SMILES string of the molecule is [2H]Cc1c(F)cc(S(=O)(=O)NCC(C)(C)O)cc1Br. The minimum atomic E-state index is -3.90. The van der Waals surface area contributed by atoms with Crippen LogP contribution in [-0.4, -0.2) is 25.7 Å². The van der Waals surface area contributed by atoms with Gasteiger partial charge in [-0.3, -0.25) is 0 Å². The van der Waals surface area contributed by atoms with Crippen molar-refractivity contribution in [2.24, 2.45) is 0 Å². The van der Waals surface area contributed by atoms with Gasteiger partial charge in [-0.15, -0.1) is 0 Å². The van der Waals surface area contributed by atoms with Gasteiger partial charge in [0.05, 0.1) is 10.5 Å². The number of halogens is 2. The predicted octanol–water partition coefficient (Wildman–Crippen LogP) is 1.95. The van der Waals surface area contributed by atoms with Crippen LogP contribution in [0.4, 0.5) is 4.39 Å². The molecule has 0 aromatic heterocycles. The molecule has 0 aliphatic heterocycles. The highest BCUT2D eigenvalue weighted by atomic mass is 79.9. The van der Waals surface area contributed by atoms with Crippen LogP contribution in [0.1, 0.15) is 20.8 Å². The number of sulfonamides is 1. The number of nitrogens with one attached hydrogen (secondary N) is 1. The highest BCUT2D eigenvalue weighted by Crippen LogP contribution is 2.23. The van der Waals surface area contributed by atoms with E-state index >= 15 is 0 Å². The molecule has 0 aliphatic rings. The molecule has 18 heavy (non-hydrogen) atoms. The van der Waals surface area contributed by atoms with Crippen molar-refractivity contribution in [2.75, 3.05) is 6.54 Å². The maximum Gasteiger partial charge on any atom is 0.240 e. The van der Waals surface area contributed by atoms with E-state index in [1.165, 1.54) is 19.9 Å². The fourth-order valence-electron chi connectivity index (χ4n) is 1.09. The number of aliphatic hydroxyl groups is 1. The van der Waals surface area contributed by atoms with Crippen molar-refractivity contribution in [1.29, 1.82) is 0 Å². The summed E-state index contributed by atoms with van der Waals surface area (Å²) in [4.78, 5) is -0.252. The average Bonchev–Trinajstić information content (AvgIpc) is 2.25. The van der Waals surface area contributed by atoms with Gasteiger partial charge in [-0.1, -0.05) is 15.9 Å². The Morgan fingerprint density at radius 2 is 2.17 bits per heavy atom. The number of rotatable bonds is 4. The van der Waals surface area contributed by atoms with Crippen LogP contribution in [0.3, 0.4) is 0 Å². The molecule has 0 heterocycles. The van der Waals surface area contributed by atoms with E-state index in [2.05, 4.69) is 20.7 Å². The average molecular weight is 341 g/mol. The zero-order valence-electron chi connectivity index (χ0n) is 11.0. The van der Waals surface area contributed by atoms with E-state index in [9.17, 15) is 17.9 Å². The molecule has 0 radical (unpaired) electrons. The van der Waals surface area contributed by atoms with E-state index in [0.29, 0.717) is 0 Å². The van der Waals surface area contributed by atoms with Gasteiger partial charge in [-0.2, -0.15) is 0 Å². The zero-order chi connectivity index (χ0) is 14.8. The second-order valence-electron chi connectivity index (χ2n) is 4.50. The Kier molecular flexibility index (Phi) is 4.05. The monoisotopic (exact) mass is 340 g/mol. The van der Waals surface area contributed by atoms with Crippen LogP contribution in [0.5, 0.6) is 0 Å². The lowest BCUT2D eigenvalue weighted by Crippen LogP contribution is -2.38. The Hall–Kier alpha value is -0.500. The van der Waals surface area contributed by atoms with Crippen molar-refractivity contribution in [3.63, 3.8) is 0 Å². The number of benzene rings is 1. The lowest BCUT2D eigenvalue weighted by atomic mass is 10.1. The predicted molar refractivity (Wildman–Crippen MR) is 70.3 cm³/mol. The van der Waals surface area contributed by atoms with Crippen LogP contribution in [0, 0.1) is 12.7 Å². The van der Waals surface area contributed by atoms with Crippen LogP contribution in [0.25, 0.3) is 0 Å². The van der Waals surface area contributed by atoms with E-state index in [-0.39, 0.29) is 28.4 Å². The third-order valence-corrected chi connectivity index (χ3v) is 4.21. The molecule has 0 saturated carbocycles. The van der Waals surface area contributed by atoms with Gasteiger partial charge in [0.15, 0.2) is 0 Å². The summed E-state index contributed by atoms with van der Waals surface area (Å²) >= 11 is 3.04. The quantitative estimate of drug-likeness (QED) is 0.880. The first kappa shape index (κ1) is 13.9. The molecular weight excluding hydrogens is 325 g/mol. The Morgan fingerprint density at radius 3 is 2.61 bits per heavy atom. The fraction of sp³-hybridized carbons (Fsp3) is 0.455. The summed E-state index contributed by atoms with van der Waals surface area (Å²) in [6.07, 6.45) is 0. The first-order valence-electron chi connectivity index (χ1n) is 5.77. The van der Waals surface area contributed by atoms with E-state index in [4.69, 9.17) is 1.37 Å². The van der Waals surface area contributed by atoms with Gasteiger partial charge in [-0.05, 0) is 38.4 Å². The smallest absolute Gasteiger partial charge is 0.240 e. The summed E-state index contributed by atoms with van der Waals surface area (Å²) in [5.74, 6) is -0.756. The Bertz CT molecular complexity index is 549. The molecule has 0 bridgehead atoms. The summed E-state index contributed by atoms with van der Waals surface area (Å²) < 4.78 is 47.0. The largest absolute Gasteiger partial charge is 0.389 e. The molecule has 0 saturated heterocycles. The minimum Gasteiger partial charge on any atom is -0.389 e. The van der Waals surface area contributed by atoms with Crippen molar-refractivity contribution < 1.29 is 19.3 Å². The van der Waals surface area contributed by atoms with Crippen LogP contribution in [0.2, 0.25) is 0 Å². The molecule has 1 aromatic carbocycles. The van der Waals surface area contributed by atoms with Crippen molar-refractivity contribution in [2.45, 2.75) is 31.2 Å². The van der Waals surface area contributed by atoms with Crippen molar-refractivity contribution >= 4 is 26.0 Å². The summed E-state index contributed by atoms with van der Waals surface area (Å²) in [6, 6.07) is 2.10. The van der Waals surface area contributed by atoms with Gasteiger partial charge in [0.25, 0.3) is 0 Å². The molecule has 102 valence electrons.